The van der Waals surface area contributed by atoms with Crippen LogP contribution in [0.3, 0.4) is 0 Å². The van der Waals surface area contributed by atoms with E-state index in [1.807, 2.05) is 0 Å². The molecule has 162 valence electrons. The predicted molar refractivity (Wildman–Crippen MR) is 105 cm³/mol. The van der Waals surface area contributed by atoms with Gasteiger partial charge in [-0.1, -0.05) is 6.92 Å². The van der Waals surface area contributed by atoms with E-state index in [4.69, 9.17) is 0 Å². The SMILES string of the molecule is CCN(CCNC(=O)C1CCN(C(=O)c2ccc(C(F)(F)F)cc2)CC1)C(C)C. The summed E-state index contributed by atoms with van der Waals surface area (Å²) in [6, 6.07) is 4.68. The Hall–Kier alpha value is -2.09. The van der Waals surface area contributed by atoms with Crippen LogP contribution in [-0.4, -0.2) is 60.4 Å². The first-order valence-corrected chi connectivity index (χ1v) is 10.1. The van der Waals surface area contributed by atoms with Crippen LogP contribution in [0.5, 0.6) is 0 Å². The van der Waals surface area contributed by atoms with Gasteiger partial charge in [0.25, 0.3) is 5.91 Å². The Morgan fingerprint density at radius 3 is 2.24 bits per heavy atom. The quantitative estimate of drug-likeness (QED) is 0.746. The van der Waals surface area contributed by atoms with E-state index in [0.717, 1.165) is 25.2 Å². The average molecular weight is 413 g/mol. The summed E-state index contributed by atoms with van der Waals surface area (Å²) in [5.41, 5.74) is -0.544. The van der Waals surface area contributed by atoms with Crippen molar-refractivity contribution in [1.29, 1.82) is 0 Å². The van der Waals surface area contributed by atoms with E-state index in [1.54, 1.807) is 4.90 Å². The van der Waals surface area contributed by atoms with Gasteiger partial charge in [-0.3, -0.25) is 14.5 Å². The highest BCUT2D eigenvalue weighted by molar-refractivity contribution is 5.94. The van der Waals surface area contributed by atoms with Crippen LogP contribution in [0.25, 0.3) is 0 Å². The van der Waals surface area contributed by atoms with E-state index in [1.165, 1.54) is 12.1 Å². The second-order valence-electron chi connectivity index (χ2n) is 7.65. The van der Waals surface area contributed by atoms with Crippen molar-refractivity contribution in [1.82, 2.24) is 15.1 Å². The van der Waals surface area contributed by atoms with Crippen molar-refractivity contribution in [2.45, 2.75) is 45.8 Å². The summed E-state index contributed by atoms with van der Waals surface area (Å²) in [5.74, 6) is -0.430. The first-order valence-electron chi connectivity index (χ1n) is 10.1. The molecule has 0 aliphatic carbocycles. The molecule has 1 aliphatic rings. The summed E-state index contributed by atoms with van der Waals surface area (Å²) in [6.07, 6.45) is -3.31. The molecule has 0 bridgehead atoms. The molecule has 5 nitrogen and oxygen atoms in total. The van der Waals surface area contributed by atoms with Crippen molar-refractivity contribution < 1.29 is 22.8 Å². The number of carbonyl (C=O) groups excluding carboxylic acids is 2. The smallest absolute Gasteiger partial charge is 0.355 e. The normalized spacial score (nSPS) is 15.8. The lowest BCUT2D eigenvalue weighted by molar-refractivity contribution is -0.137. The number of likely N-dealkylation sites (tertiary alicyclic amines) is 1. The summed E-state index contributed by atoms with van der Waals surface area (Å²) < 4.78 is 38.0. The number of nitrogens with zero attached hydrogens (tertiary/aromatic N) is 2. The fraction of sp³-hybridized carbons (Fsp3) is 0.619. The number of rotatable bonds is 7. The Kier molecular flexibility index (Phi) is 8.07. The molecule has 0 spiro atoms. The third kappa shape index (κ3) is 6.45. The fourth-order valence-corrected chi connectivity index (χ4v) is 3.58. The highest BCUT2D eigenvalue weighted by atomic mass is 19.4. The van der Waals surface area contributed by atoms with Crippen LogP contribution in [0.15, 0.2) is 24.3 Å². The molecule has 1 aliphatic heterocycles. The molecule has 29 heavy (non-hydrogen) atoms. The largest absolute Gasteiger partial charge is 0.416 e. The van der Waals surface area contributed by atoms with Crippen LogP contribution in [0.2, 0.25) is 0 Å². The number of piperidine rings is 1. The first kappa shape index (κ1) is 23.2. The third-order valence-corrected chi connectivity index (χ3v) is 5.45. The maximum Gasteiger partial charge on any atom is 0.416 e. The molecule has 1 aromatic carbocycles. The van der Waals surface area contributed by atoms with Crippen LogP contribution < -0.4 is 5.32 Å². The van der Waals surface area contributed by atoms with E-state index in [2.05, 4.69) is 31.0 Å². The zero-order valence-corrected chi connectivity index (χ0v) is 17.3. The number of nitrogens with one attached hydrogen (secondary N) is 1. The van der Waals surface area contributed by atoms with E-state index >= 15 is 0 Å². The van der Waals surface area contributed by atoms with E-state index in [0.29, 0.717) is 38.5 Å². The summed E-state index contributed by atoms with van der Waals surface area (Å²) >= 11 is 0. The van der Waals surface area contributed by atoms with Crippen molar-refractivity contribution in [3.63, 3.8) is 0 Å². The molecule has 0 unspecified atom stereocenters. The second kappa shape index (κ2) is 10.1. The molecule has 0 radical (unpaired) electrons. The van der Waals surface area contributed by atoms with E-state index in [-0.39, 0.29) is 23.3 Å². The minimum atomic E-state index is -4.42. The van der Waals surface area contributed by atoms with E-state index < -0.39 is 11.7 Å². The molecule has 1 fully saturated rings. The van der Waals surface area contributed by atoms with Crippen molar-refractivity contribution in [3.8, 4) is 0 Å². The molecular weight excluding hydrogens is 383 g/mol. The molecule has 1 aromatic rings. The van der Waals surface area contributed by atoms with Crippen molar-refractivity contribution >= 4 is 11.8 Å². The number of carbonyl (C=O) groups is 2. The van der Waals surface area contributed by atoms with Gasteiger partial charge in [-0.05, 0) is 57.5 Å². The number of hydrogen-bond donors (Lipinski definition) is 1. The van der Waals surface area contributed by atoms with Gasteiger partial charge in [-0.15, -0.1) is 0 Å². The van der Waals surface area contributed by atoms with Gasteiger partial charge in [0.05, 0.1) is 5.56 Å². The van der Waals surface area contributed by atoms with Gasteiger partial charge in [0.1, 0.15) is 0 Å². The highest BCUT2D eigenvalue weighted by Gasteiger charge is 2.31. The maximum atomic E-state index is 12.7. The van der Waals surface area contributed by atoms with Gasteiger partial charge < -0.3 is 10.2 Å². The van der Waals surface area contributed by atoms with Gasteiger partial charge in [0.2, 0.25) is 5.91 Å². The minimum absolute atomic E-state index is 0.00596. The Labute approximate surface area is 170 Å². The summed E-state index contributed by atoms with van der Waals surface area (Å²) in [4.78, 5) is 28.8. The van der Waals surface area contributed by atoms with Gasteiger partial charge in [0, 0.05) is 43.7 Å². The van der Waals surface area contributed by atoms with Crippen LogP contribution in [0.4, 0.5) is 13.2 Å². The molecule has 2 amide bonds. The predicted octanol–water partition coefficient (Wildman–Crippen LogP) is 3.40. The third-order valence-electron chi connectivity index (χ3n) is 5.45. The number of amides is 2. The van der Waals surface area contributed by atoms with Crippen LogP contribution in [0, 0.1) is 5.92 Å². The number of benzene rings is 1. The molecule has 0 aromatic heterocycles. The molecule has 1 N–H and O–H groups in total. The Balaban J connectivity index is 1.80. The van der Waals surface area contributed by atoms with Gasteiger partial charge in [-0.2, -0.15) is 13.2 Å². The summed E-state index contributed by atoms with van der Waals surface area (Å²) in [6.45, 7) is 9.49. The number of likely N-dealkylation sites (N-methyl/N-ethyl adjacent to an activating group) is 1. The maximum absolute atomic E-state index is 12.7. The highest BCUT2D eigenvalue weighted by Crippen LogP contribution is 2.29. The van der Waals surface area contributed by atoms with Crippen molar-refractivity contribution in [2.75, 3.05) is 32.7 Å². The Bertz CT molecular complexity index is 681. The van der Waals surface area contributed by atoms with Gasteiger partial charge >= 0.3 is 6.18 Å². The summed E-state index contributed by atoms with van der Waals surface area (Å²) in [7, 11) is 0. The van der Waals surface area contributed by atoms with Crippen LogP contribution >= 0.6 is 0 Å². The van der Waals surface area contributed by atoms with Gasteiger partial charge in [0.15, 0.2) is 0 Å². The zero-order valence-electron chi connectivity index (χ0n) is 17.3. The van der Waals surface area contributed by atoms with Crippen molar-refractivity contribution in [2.24, 2.45) is 5.92 Å². The van der Waals surface area contributed by atoms with Crippen molar-refractivity contribution in [3.05, 3.63) is 35.4 Å². The second-order valence-corrected chi connectivity index (χ2v) is 7.65. The zero-order chi connectivity index (χ0) is 21.6. The van der Waals surface area contributed by atoms with Crippen LogP contribution in [-0.2, 0) is 11.0 Å². The molecule has 1 saturated heterocycles. The lowest BCUT2D eigenvalue weighted by atomic mass is 9.95. The minimum Gasteiger partial charge on any atom is -0.355 e. The monoisotopic (exact) mass is 413 g/mol. The number of halogens is 3. The standard InChI is InChI=1S/C21H30F3N3O2/c1-4-26(15(2)3)14-11-25-19(28)16-9-12-27(13-10-16)20(29)17-5-7-18(8-6-17)21(22,23)24/h5-8,15-16H,4,9-14H2,1-3H3,(H,25,28). The van der Waals surface area contributed by atoms with E-state index in [9.17, 15) is 22.8 Å². The molecule has 8 heteroatoms. The molecule has 2 rings (SSSR count). The summed E-state index contributed by atoms with van der Waals surface area (Å²) in [5, 5.41) is 2.98. The topological polar surface area (TPSA) is 52.7 Å². The molecule has 0 atom stereocenters. The Morgan fingerprint density at radius 2 is 1.76 bits per heavy atom. The lowest BCUT2D eigenvalue weighted by Gasteiger charge is -2.32. The average Bonchev–Trinajstić information content (AvgIpc) is 2.69. The van der Waals surface area contributed by atoms with Crippen LogP contribution in [0.1, 0.15) is 49.5 Å². The molecule has 0 saturated carbocycles. The number of hydrogen-bond acceptors (Lipinski definition) is 3. The molecule has 1 heterocycles. The lowest BCUT2D eigenvalue weighted by Crippen LogP contribution is -2.45. The fourth-order valence-electron chi connectivity index (χ4n) is 3.58. The van der Waals surface area contributed by atoms with Gasteiger partial charge in [-0.25, -0.2) is 0 Å². The Morgan fingerprint density at radius 1 is 1.17 bits per heavy atom. The first-order chi connectivity index (χ1) is 13.6. The molecular formula is C21H30F3N3O2. The number of alkyl halides is 3.